The van der Waals surface area contributed by atoms with Gasteiger partial charge in [0.05, 0.1) is 6.61 Å². The van der Waals surface area contributed by atoms with E-state index in [0.717, 1.165) is 32.2 Å². The van der Waals surface area contributed by atoms with E-state index in [1.807, 2.05) is 5.38 Å². The summed E-state index contributed by atoms with van der Waals surface area (Å²) in [5.74, 6) is 0.149. The Morgan fingerprint density at radius 1 is 1.06 bits per heavy atom. The number of thiophene rings is 1. The Bertz CT molecular complexity index is 1030. The summed E-state index contributed by atoms with van der Waals surface area (Å²) >= 11 is 1.28. The average Bonchev–Trinajstić information content (AvgIpc) is 3.47. The lowest BCUT2D eigenvalue weighted by molar-refractivity contribution is -0.0553. The molecule has 2 saturated heterocycles. The molecule has 1 N–H and O–H groups in total. The van der Waals surface area contributed by atoms with Crippen LogP contribution in [0.3, 0.4) is 0 Å². The molecule has 2 aromatic rings. The summed E-state index contributed by atoms with van der Waals surface area (Å²) < 4.78 is 28.6. The summed E-state index contributed by atoms with van der Waals surface area (Å²) in [5, 5.41) is 12.0. The third kappa shape index (κ3) is 3.91. The van der Waals surface area contributed by atoms with Crippen molar-refractivity contribution in [2.75, 3.05) is 26.2 Å². The Kier molecular flexibility index (Phi) is 6.05. The number of nitrogens with zero attached hydrogens (tertiary/aromatic N) is 2. The van der Waals surface area contributed by atoms with Gasteiger partial charge in [-0.15, -0.1) is 11.3 Å². The molecule has 1 aromatic heterocycles. The van der Waals surface area contributed by atoms with Crippen LogP contribution in [0.15, 0.2) is 52.1 Å². The quantitative estimate of drug-likeness (QED) is 0.738. The number of rotatable bonds is 5. The SMILES string of the molecule is O=S(=O)(c1cccs1)N1CCCCN2[C@H](CO)[C@H](c3ccc(C4=CCCC4)cc3)[C@H]2C1. The van der Waals surface area contributed by atoms with Crippen LogP contribution in [0.5, 0.6) is 0 Å². The molecule has 0 unspecified atom stereocenters. The summed E-state index contributed by atoms with van der Waals surface area (Å²) in [6.07, 6.45) is 7.67. The Morgan fingerprint density at radius 2 is 1.87 bits per heavy atom. The Morgan fingerprint density at radius 3 is 2.55 bits per heavy atom. The standard InChI is InChI=1S/C24H30N2O3S2/c27-17-22-24(20-11-9-19(10-12-20)18-6-1-2-7-18)21-16-25(13-3-4-14-26(21)22)31(28,29)23-8-5-15-30-23/h5-6,8-12,15,21-22,24,27H,1-4,7,13-14,16-17H2/t21-,22-,24-/m1/s1. The van der Waals surface area contributed by atoms with Crippen molar-refractivity contribution in [2.45, 2.75) is 54.3 Å². The lowest BCUT2D eigenvalue weighted by atomic mass is 9.74. The summed E-state index contributed by atoms with van der Waals surface area (Å²) in [6, 6.07) is 12.4. The summed E-state index contributed by atoms with van der Waals surface area (Å²) in [6.45, 7) is 2.07. The highest BCUT2D eigenvalue weighted by Crippen LogP contribution is 2.43. The molecule has 0 radical (unpaired) electrons. The van der Waals surface area contributed by atoms with Crippen molar-refractivity contribution in [1.29, 1.82) is 0 Å². The second kappa shape index (κ2) is 8.79. The van der Waals surface area contributed by atoms with Crippen LogP contribution in [0.2, 0.25) is 0 Å². The molecule has 0 bridgehead atoms. The second-order valence-corrected chi connectivity index (χ2v) is 11.9. The van der Waals surface area contributed by atoms with E-state index in [1.165, 1.54) is 34.5 Å². The van der Waals surface area contributed by atoms with Gasteiger partial charge in [0.25, 0.3) is 10.0 Å². The van der Waals surface area contributed by atoms with Gasteiger partial charge >= 0.3 is 0 Å². The molecule has 1 aliphatic carbocycles. The average molecular weight is 459 g/mol. The van der Waals surface area contributed by atoms with E-state index < -0.39 is 10.0 Å². The van der Waals surface area contributed by atoms with Crippen LogP contribution in [0, 0.1) is 0 Å². The minimum Gasteiger partial charge on any atom is -0.395 e. The fourth-order valence-electron chi connectivity index (χ4n) is 5.52. The van der Waals surface area contributed by atoms with Crippen molar-refractivity contribution in [3.8, 4) is 0 Å². The molecule has 3 heterocycles. The number of allylic oxidation sites excluding steroid dienone is 2. The van der Waals surface area contributed by atoms with E-state index in [1.54, 1.807) is 16.4 Å². The van der Waals surface area contributed by atoms with Gasteiger partial charge in [-0.3, -0.25) is 4.90 Å². The van der Waals surface area contributed by atoms with Crippen molar-refractivity contribution in [3.05, 3.63) is 59.0 Å². The molecule has 2 fully saturated rings. The molecule has 3 aliphatic rings. The van der Waals surface area contributed by atoms with Crippen molar-refractivity contribution in [1.82, 2.24) is 9.21 Å². The first-order valence-electron chi connectivity index (χ1n) is 11.3. The number of benzene rings is 1. The maximum absolute atomic E-state index is 13.2. The molecule has 0 saturated carbocycles. The first kappa shape index (κ1) is 21.3. The van der Waals surface area contributed by atoms with Gasteiger partial charge in [-0.1, -0.05) is 36.4 Å². The molecule has 5 nitrogen and oxygen atoms in total. The first-order chi connectivity index (χ1) is 15.1. The Hall–Kier alpha value is -1.51. The normalized spacial score (nSPS) is 27.8. The van der Waals surface area contributed by atoms with Gasteiger partial charge in [-0.05, 0) is 66.8 Å². The van der Waals surface area contributed by atoms with Gasteiger partial charge in [-0.25, -0.2) is 8.42 Å². The molecule has 31 heavy (non-hydrogen) atoms. The van der Waals surface area contributed by atoms with Crippen LogP contribution < -0.4 is 0 Å². The molecule has 3 atom stereocenters. The fourth-order valence-corrected chi connectivity index (χ4v) is 8.16. The highest BCUT2D eigenvalue weighted by molar-refractivity contribution is 7.91. The summed E-state index contributed by atoms with van der Waals surface area (Å²) in [7, 11) is -3.47. The highest BCUT2D eigenvalue weighted by Gasteiger charge is 2.50. The highest BCUT2D eigenvalue weighted by atomic mass is 32.2. The largest absolute Gasteiger partial charge is 0.395 e. The zero-order chi connectivity index (χ0) is 21.4. The topological polar surface area (TPSA) is 60.9 Å². The second-order valence-electron chi connectivity index (χ2n) is 8.83. The molecule has 5 rings (SSSR count). The monoisotopic (exact) mass is 458 g/mol. The van der Waals surface area contributed by atoms with Crippen LogP contribution in [0.25, 0.3) is 5.57 Å². The Balaban J connectivity index is 1.41. The predicted molar refractivity (Wildman–Crippen MR) is 125 cm³/mol. The van der Waals surface area contributed by atoms with Gasteiger partial charge in [0, 0.05) is 31.1 Å². The van der Waals surface area contributed by atoms with E-state index >= 15 is 0 Å². The van der Waals surface area contributed by atoms with Crippen molar-refractivity contribution in [2.24, 2.45) is 0 Å². The predicted octanol–water partition coefficient (Wildman–Crippen LogP) is 3.93. The molecular weight excluding hydrogens is 428 g/mol. The minimum atomic E-state index is -3.47. The van der Waals surface area contributed by atoms with E-state index in [9.17, 15) is 13.5 Å². The maximum atomic E-state index is 13.2. The smallest absolute Gasteiger partial charge is 0.252 e. The van der Waals surface area contributed by atoms with Crippen LogP contribution in [-0.2, 0) is 10.0 Å². The Labute approximate surface area is 189 Å². The van der Waals surface area contributed by atoms with Gasteiger partial charge in [0.2, 0.25) is 0 Å². The molecule has 0 amide bonds. The number of aliphatic hydroxyl groups is 1. The summed E-state index contributed by atoms with van der Waals surface area (Å²) in [5.41, 5.74) is 3.92. The van der Waals surface area contributed by atoms with Crippen LogP contribution >= 0.6 is 11.3 Å². The number of fused-ring (bicyclic) bond motifs is 1. The molecule has 2 aliphatic heterocycles. The zero-order valence-corrected chi connectivity index (χ0v) is 19.3. The zero-order valence-electron chi connectivity index (χ0n) is 17.7. The summed E-state index contributed by atoms with van der Waals surface area (Å²) in [4.78, 5) is 2.33. The lowest BCUT2D eigenvalue weighted by Crippen LogP contribution is -2.67. The van der Waals surface area contributed by atoms with Crippen LogP contribution in [-0.4, -0.2) is 61.1 Å². The van der Waals surface area contributed by atoms with Crippen molar-refractivity contribution in [3.63, 3.8) is 0 Å². The number of aliphatic hydroxyl groups excluding tert-OH is 1. The van der Waals surface area contributed by atoms with Gasteiger partial charge in [-0.2, -0.15) is 4.31 Å². The van der Waals surface area contributed by atoms with Gasteiger partial charge in [0.15, 0.2) is 0 Å². The first-order valence-corrected chi connectivity index (χ1v) is 13.6. The van der Waals surface area contributed by atoms with Gasteiger partial charge < -0.3 is 5.11 Å². The van der Waals surface area contributed by atoms with Crippen LogP contribution in [0.4, 0.5) is 0 Å². The molecular formula is C24H30N2O3S2. The van der Waals surface area contributed by atoms with Gasteiger partial charge in [0.1, 0.15) is 4.21 Å². The fraction of sp³-hybridized carbons (Fsp3) is 0.500. The van der Waals surface area contributed by atoms with Crippen molar-refractivity contribution < 1.29 is 13.5 Å². The van der Waals surface area contributed by atoms with Crippen molar-refractivity contribution >= 4 is 26.9 Å². The number of hydrogen-bond acceptors (Lipinski definition) is 5. The minimum absolute atomic E-state index is 0.0611. The van der Waals surface area contributed by atoms with E-state index in [4.69, 9.17) is 0 Å². The van der Waals surface area contributed by atoms with E-state index in [-0.39, 0.29) is 24.6 Å². The van der Waals surface area contributed by atoms with E-state index in [2.05, 4.69) is 35.2 Å². The number of sulfonamides is 1. The number of hydrogen-bond donors (Lipinski definition) is 1. The molecule has 166 valence electrons. The van der Waals surface area contributed by atoms with E-state index in [0.29, 0.717) is 17.3 Å². The molecule has 1 aromatic carbocycles. The lowest BCUT2D eigenvalue weighted by Gasteiger charge is -2.57. The maximum Gasteiger partial charge on any atom is 0.252 e. The molecule has 7 heteroatoms. The third-order valence-electron chi connectivity index (χ3n) is 7.13. The molecule has 0 spiro atoms. The third-order valence-corrected chi connectivity index (χ3v) is 10.4. The van der Waals surface area contributed by atoms with Crippen LogP contribution in [0.1, 0.15) is 49.1 Å².